The molecule has 8 amide bonds. The van der Waals surface area contributed by atoms with Gasteiger partial charge in [0.1, 0.15) is 16.6 Å². The highest BCUT2D eigenvalue weighted by molar-refractivity contribution is 9.11. The summed E-state index contributed by atoms with van der Waals surface area (Å²) in [6.07, 6.45) is 4.47. The molecule has 103 heavy (non-hydrogen) atoms. The van der Waals surface area contributed by atoms with Crippen LogP contribution >= 0.6 is 139 Å². The second kappa shape index (κ2) is 38.3. The maximum absolute atomic E-state index is 13.7. The summed E-state index contributed by atoms with van der Waals surface area (Å²) >= 11 is 47.6. The number of urea groups is 3. The fraction of sp³-hybridized carbons (Fsp3) is 0.338. The largest absolute Gasteiger partial charge is 0.479 e. The number of carboxylic acid groups (broad SMARTS) is 3. The molecule has 23 nitrogen and oxygen atoms in total. The Labute approximate surface area is 660 Å². The Hall–Kier alpha value is -6.34. The zero-order valence-corrected chi connectivity index (χ0v) is 63.7. The predicted molar refractivity (Wildman–Crippen MR) is 410 cm³/mol. The molecular formula is C68H69Br3Cl8N6O17S. The van der Waals surface area contributed by atoms with E-state index in [1.165, 1.54) is 41.3 Å². The summed E-state index contributed by atoms with van der Waals surface area (Å²) in [5.74, 6) is -4.61. The molecule has 0 aliphatic carbocycles. The number of nitrogens with one attached hydrogen (secondary N) is 1. The summed E-state index contributed by atoms with van der Waals surface area (Å²) < 4.78 is 32.2. The number of nitrogens with zero attached hydrogens (tertiary/aromatic N) is 5. The Morgan fingerprint density at radius 3 is 1.18 bits per heavy atom. The zero-order valence-electron chi connectivity index (χ0n) is 52.1. The normalized spacial score (nSPS) is 18.3. The highest BCUT2D eigenvalue weighted by Gasteiger charge is 2.61. The number of imide groups is 2. The van der Waals surface area contributed by atoms with Gasteiger partial charge < -0.3 is 54.3 Å². The van der Waals surface area contributed by atoms with Gasteiger partial charge >= 0.3 is 42.0 Å². The number of carbonyl (C=O) groups is 9. The summed E-state index contributed by atoms with van der Waals surface area (Å²) in [4.78, 5) is 119. The van der Waals surface area contributed by atoms with Crippen molar-refractivity contribution in [3.05, 3.63) is 169 Å². The predicted octanol–water partition coefficient (Wildman–Crippen LogP) is 17.9. The van der Waals surface area contributed by atoms with E-state index in [4.69, 9.17) is 103 Å². The van der Waals surface area contributed by atoms with E-state index >= 15 is 0 Å². The first-order valence-corrected chi connectivity index (χ1v) is 37.4. The average molecular weight is 1800 g/mol. The van der Waals surface area contributed by atoms with Crippen LogP contribution in [0.5, 0.6) is 17.2 Å². The number of benzene rings is 6. The first-order valence-electron chi connectivity index (χ1n) is 29.9. The first kappa shape index (κ1) is 87.3. The number of anilines is 3. The van der Waals surface area contributed by atoms with Crippen LogP contribution in [0.15, 0.2) is 123 Å². The number of carboxylic acids is 3. The lowest BCUT2D eigenvalue weighted by Gasteiger charge is -2.35. The number of amides is 8. The SMILES string of the molecule is C.C.C.CCOC(=O)COc1c(Cl)cc(N2C(=O)N3CCCC3(Cc3ccc(Br)cc3)C2=O)cc1Cl.O=C(O)COc1c(Cl)cc(N2C(=O)N3CCCC3(Cc3ccc(Br)cc3)C2=O)cc1Cl.O=C(O)COc1c(Cl)cc(NC(=O)N2CCCC2(Cc2ccc(Br)cc2)C(=O)O)cc1Cl.O=S(Cl)Cl. The van der Waals surface area contributed by atoms with E-state index in [0.29, 0.717) is 51.6 Å². The van der Waals surface area contributed by atoms with Crippen molar-refractivity contribution in [3.8, 4) is 17.2 Å². The van der Waals surface area contributed by atoms with Crippen molar-refractivity contribution >= 4 is 219 Å². The van der Waals surface area contributed by atoms with Crippen molar-refractivity contribution in [1.82, 2.24) is 14.7 Å². The second-order valence-electron chi connectivity index (χ2n) is 22.7. The van der Waals surface area contributed by atoms with E-state index in [-0.39, 0.29) is 125 Å². The van der Waals surface area contributed by atoms with E-state index in [9.17, 15) is 48.3 Å². The lowest BCUT2D eigenvalue weighted by Crippen LogP contribution is -2.55. The van der Waals surface area contributed by atoms with Gasteiger partial charge in [-0.15, -0.1) is 0 Å². The molecule has 4 N–H and O–H groups in total. The van der Waals surface area contributed by atoms with Gasteiger partial charge in [0.15, 0.2) is 37.1 Å². The van der Waals surface area contributed by atoms with Crippen molar-refractivity contribution in [2.24, 2.45) is 0 Å². The van der Waals surface area contributed by atoms with Gasteiger partial charge in [-0.05, 0) is 135 Å². The summed E-state index contributed by atoms with van der Waals surface area (Å²) in [6.45, 7) is 1.55. The highest BCUT2D eigenvalue weighted by Crippen LogP contribution is 2.48. The molecule has 5 fully saturated rings. The van der Waals surface area contributed by atoms with Crippen LogP contribution in [-0.2, 0) is 62.0 Å². The van der Waals surface area contributed by atoms with Crippen LogP contribution in [-0.4, -0.2) is 151 Å². The van der Waals surface area contributed by atoms with Crippen molar-refractivity contribution in [2.45, 2.75) is 104 Å². The Morgan fingerprint density at radius 2 is 0.845 bits per heavy atom. The van der Waals surface area contributed by atoms with Crippen LogP contribution in [0.25, 0.3) is 0 Å². The molecule has 5 aliphatic rings. The Morgan fingerprint density at radius 1 is 0.515 bits per heavy atom. The molecule has 3 unspecified atom stereocenters. The van der Waals surface area contributed by atoms with Crippen LogP contribution in [0.3, 0.4) is 0 Å². The van der Waals surface area contributed by atoms with Crippen molar-refractivity contribution in [1.29, 1.82) is 0 Å². The molecule has 3 atom stereocenters. The maximum atomic E-state index is 13.7. The quantitative estimate of drug-likeness (QED) is 0.0314. The number of aliphatic carboxylic acids is 3. The van der Waals surface area contributed by atoms with Gasteiger partial charge in [0.2, 0.25) is 9.23 Å². The van der Waals surface area contributed by atoms with E-state index in [1.807, 2.05) is 72.8 Å². The molecule has 6 aromatic rings. The topological polar surface area (TPSA) is 297 Å². The van der Waals surface area contributed by atoms with Crippen LogP contribution < -0.4 is 29.3 Å². The standard InChI is InChI=1S/C23H21BrCl2N2O5.C21H19BrCl2N2O6.C21H17BrCl2N2O5.3CH4.Cl2OS/c1-2-32-19(29)13-33-20-17(25)10-16(11-18(20)26)28-21(30)23(8-3-9-27(23)22(28)31)12-14-4-6-15(24)7-5-14;22-13-4-2-12(3-5-13)10-21(19(29)30)6-1-7-26(21)20(31)25-14-8-15(23)18(16(24)9-14)32-11-17(27)28;22-13-4-2-12(3-5-13)10-21-6-1-7-25(21)20(30)26(19(21)29)14-8-15(23)18(16(24)9-14)31-11-17(27)28;;;;1-4(2)3/h4-7,10-11H,2-3,8-9,12-13H2,1H3;2-5,8-9H,1,6-7,10-11H2,(H,25,31)(H,27,28)(H,29,30);2-5,8-9H,1,6-7,10-11H2,(H,27,28);3*1H4;. The minimum atomic E-state index is -1.67. The smallest absolute Gasteiger partial charge is 0.344 e. The van der Waals surface area contributed by atoms with E-state index < -0.39 is 81.0 Å². The number of halogens is 11. The van der Waals surface area contributed by atoms with Crippen molar-refractivity contribution in [3.63, 3.8) is 0 Å². The molecule has 5 saturated heterocycles. The molecule has 0 radical (unpaired) electrons. The molecule has 0 bridgehead atoms. The van der Waals surface area contributed by atoms with Crippen LogP contribution in [0, 0.1) is 0 Å². The monoisotopic (exact) mass is 1790 g/mol. The molecule has 0 aromatic heterocycles. The number of carbonyl (C=O) groups excluding carboxylic acids is 6. The van der Waals surface area contributed by atoms with Gasteiger partial charge in [0.05, 0.1) is 48.1 Å². The zero-order chi connectivity index (χ0) is 73.1. The number of rotatable bonds is 20. The molecule has 0 saturated carbocycles. The minimum absolute atomic E-state index is 0. The first-order chi connectivity index (χ1) is 47.3. The Balaban J connectivity index is 0.000000267. The lowest BCUT2D eigenvalue weighted by molar-refractivity contribution is -0.148. The second-order valence-corrected chi connectivity index (χ2v) is 30.5. The van der Waals surface area contributed by atoms with Gasteiger partial charge in [-0.25, -0.2) is 47.6 Å². The molecule has 556 valence electrons. The molecule has 0 spiro atoms. The third kappa shape index (κ3) is 20.6. The average Bonchev–Trinajstić information content (AvgIpc) is 1.57. The van der Waals surface area contributed by atoms with Gasteiger partial charge in [-0.1, -0.05) is 176 Å². The van der Waals surface area contributed by atoms with Crippen molar-refractivity contribution < 1.29 is 81.6 Å². The molecular weight excluding hydrogens is 1730 g/mol. The van der Waals surface area contributed by atoms with Gasteiger partial charge in [-0.3, -0.25) is 9.59 Å². The molecule has 5 heterocycles. The minimum Gasteiger partial charge on any atom is -0.479 e. The van der Waals surface area contributed by atoms with Crippen LogP contribution in [0.2, 0.25) is 30.1 Å². The maximum Gasteiger partial charge on any atom is 0.344 e. The third-order valence-electron chi connectivity index (χ3n) is 16.4. The molecule has 5 aliphatic heterocycles. The number of ether oxygens (including phenoxy) is 4. The number of fused-ring (bicyclic) bond motifs is 2. The molecule has 6 aromatic carbocycles. The molecule has 11 rings (SSSR count). The van der Waals surface area contributed by atoms with Crippen LogP contribution in [0.4, 0.5) is 31.4 Å². The summed E-state index contributed by atoms with van der Waals surface area (Å²) in [6, 6.07) is 29.6. The fourth-order valence-corrected chi connectivity index (χ4v) is 14.8. The number of hydrogen-bond acceptors (Lipinski definition) is 14. The van der Waals surface area contributed by atoms with Gasteiger partial charge in [-0.2, -0.15) is 0 Å². The van der Waals surface area contributed by atoms with Crippen LogP contribution in [0.1, 0.15) is 84.4 Å². The third-order valence-corrected chi connectivity index (χ3v) is 19.7. The molecule has 35 heteroatoms. The van der Waals surface area contributed by atoms with Gasteiger partial charge in [0.25, 0.3) is 11.8 Å². The Kier molecular flexibility index (Phi) is 32.4. The van der Waals surface area contributed by atoms with Crippen molar-refractivity contribution in [2.75, 3.05) is 61.2 Å². The summed E-state index contributed by atoms with van der Waals surface area (Å²) in [5.41, 5.74) is 0.119. The number of esters is 1. The Bertz CT molecular complexity index is 4110. The summed E-state index contributed by atoms with van der Waals surface area (Å²) in [5, 5.41) is 30.4. The fourth-order valence-electron chi connectivity index (χ4n) is 12.2. The number of hydrogen-bond donors (Lipinski definition) is 4. The lowest BCUT2D eigenvalue weighted by atomic mass is 9.88. The van der Waals surface area contributed by atoms with E-state index in [0.717, 1.165) is 52.7 Å². The van der Waals surface area contributed by atoms with Gasteiger partial charge in [0, 0.05) is 79.4 Å². The summed E-state index contributed by atoms with van der Waals surface area (Å²) in [7, 11) is 7.36. The van der Waals surface area contributed by atoms with E-state index in [1.54, 1.807) is 16.7 Å². The van der Waals surface area contributed by atoms with E-state index in [2.05, 4.69) is 74.5 Å². The number of likely N-dealkylation sites (tertiary alicyclic amines) is 1. The highest BCUT2D eigenvalue weighted by atomic mass is 79.9.